The fourth-order valence-corrected chi connectivity index (χ4v) is 4.12. The maximum absolute atomic E-state index is 12.6. The molecule has 4 aromatic rings. The summed E-state index contributed by atoms with van der Waals surface area (Å²) in [6, 6.07) is 24.7. The first-order valence-corrected chi connectivity index (χ1v) is 10.9. The summed E-state index contributed by atoms with van der Waals surface area (Å²) in [4.78, 5) is 12.6. The van der Waals surface area contributed by atoms with Gasteiger partial charge in [-0.1, -0.05) is 60.7 Å². The largest absolute Gasteiger partial charge is 0.493 e. The van der Waals surface area contributed by atoms with Crippen molar-refractivity contribution in [3.05, 3.63) is 107 Å². The lowest BCUT2D eigenvalue weighted by Crippen LogP contribution is -2.24. The van der Waals surface area contributed by atoms with Crippen LogP contribution in [0, 0.1) is 0 Å². The third-order valence-electron chi connectivity index (χ3n) is 5.78. The molecular weight excluding hydrogens is 398 g/mol. The van der Waals surface area contributed by atoms with Gasteiger partial charge in [0.05, 0.1) is 19.6 Å². The minimum absolute atomic E-state index is 0.0215. The molecule has 5 nitrogen and oxygen atoms in total. The van der Waals surface area contributed by atoms with Crippen molar-refractivity contribution >= 4 is 5.91 Å². The number of benzene rings is 3. The van der Waals surface area contributed by atoms with Crippen molar-refractivity contribution in [1.29, 1.82) is 0 Å². The molecule has 0 saturated carbocycles. The summed E-state index contributed by atoms with van der Waals surface area (Å²) in [5, 5.41) is 7.35. The minimum Gasteiger partial charge on any atom is -0.493 e. The Bertz CT molecular complexity index is 1210. The molecule has 1 N–H and O–H groups in total. The van der Waals surface area contributed by atoms with Gasteiger partial charge in [0.25, 0.3) is 0 Å². The number of ether oxygens (including phenoxy) is 1. The Kier molecular flexibility index (Phi) is 5.71. The smallest absolute Gasteiger partial charge is 0.224 e. The Hall–Kier alpha value is -3.86. The van der Waals surface area contributed by atoms with Crippen LogP contribution in [0.1, 0.15) is 22.3 Å². The van der Waals surface area contributed by atoms with Crippen LogP contribution >= 0.6 is 0 Å². The van der Waals surface area contributed by atoms with Crippen LogP contribution in [-0.2, 0) is 30.7 Å². The van der Waals surface area contributed by atoms with E-state index in [9.17, 15) is 4.79 Å². The first-order valence-electron chi connectivity index (χ1n) is 10.9. The number of hydrogen-bond donors (Lipinski definition) is 1. The summed E-state index contributed by atoms with van der Waals surface area (Å²) in [5.41, 5.74) is 6.78. The van der Waals surface area contributed by atoms with E-state index >= 15 is 0 Å². The van der Waals surface area contributed by atoms with Crippen LogP contribution < -0.4 is 10.1 Å². The highest BCUT2D eigenvalue weighted by Crippen LogP contribution is 2.26. The molecule has 5 heteroatoms. The van der Waals surface area contributed by atoms with E-state index < -0.39 is 0 Å². The highest BCUT2D eigenvalue weighted by molar-refractivity contribution is 5.79. The van der Waals surface area contributed by atoms with Gasteiger partial charge in [-0.05, 0) is 45.5 Å². The SMILES string of the molecule is O=C(Cc1ccc2c(c1)CCO2)NCc1ccccc1-c1ccc(Cn2cccn2)cc1. The number of hydrogen-bond acceptors (Lipinski definition) is 3. The fourth-order valence-electron chi connectivity index (χ4n) is 4.12. The summed E-state index contributed by atoms with van der Waals surface area (Å²) >= 11 is 0. The maximum atomic E-state index is 12.6. The van der Waals surface area contributed by atoms with Crippen LogP contribution in [0.4, 0.5) is 0 Å². The van der Waals surface area contributed by atoms with Gasteiger partial charge in [-0.15, -0.1) is 0 Å². The molecular formula is C27H25N3O2. The molecule has 0 atom stereocenters. The number of fused-ring (bicyclic) bond motifs is 1. The topological polar surface area (TPSA) is 56.1 Å². The number of aromatic nitrogens is 2. The molecule has 0 spiro atoms. The summed E-state index contributed by atoms with van der Waals surface area (Å²) in [6.07, 6.45) is 5.04. The van der Waals surface area contributed by atoms with Gasteiger partial charge in [-0.2, -0.15) is 5.10 Å². The van der Waals surface area contributed by atoms with Gasteiger partial charge >= 0.3 is 0 Å². The second-order valence-corrected chi connectivity index (χ2v) is 8.05. The van der Waals surface area contributed by atoms with E-state index in [0.717, 1.165) is 47.6 Å². The first-order chi connectivity index (χ1) is 15.7. The van der Waals surface area contributed by atoms with Crippen LogP contribution in [0.15, 0.2) is 85.2 Å². The van der Waals surface area contributed by atoms with Gasteiger partial charge in [0.2, 0.25) is 5.91 Å². The van der Waals surface area contributed by atoms with Gasteiger partial charge in [0.1, 0.15) is 5.75 Å². The van der Waals surface area contributed by atoms with Crippen molar-refractivity contribution < 1.29 is 9.53 Å². The quantitative estimate of drug-likeness (QED) is 0.480. The molecule has 1 amide bonds. The summed E-state index contributed by atoms with van der Waals surface area (Å²) in [6.45, 7) is 1.98. The molecule has 0 aliphatic carbocycles. The third kappa shape index (κ3) is 4.57. The average Bonchev–Trinajstić information content (AvgIpc) is 3.50. The van der Waals surface area contributed by atoms with Gasteiger partial charge < -0.3 is 10.1 Å². The molecule has 1 aliphatic heterocycles. The first kappa shape index (κ1) is 20.1. The van der Waals surface area contributed by atoms with Crippen LogP contribution in [0.3, 0.4) is 0 Å². The molecule has 3 aromatic carbocycles. The summed E-state index contributed by atoms with van der Waals surface area (Å²) in [5.74, 6) is 0.965. The van der Waals surface area contributed by atoms with E-state index in [-0.39, 0.29) is 5.91 Å². The Balaban J connectivity index is 1.24. The van der Waals surface area contributed by atoms with E-state index in [1.54, 1.807) is 6.20 Å². The zero-order valence-corrected chi connectivity index (χ0v) is 17.8. The molecule has 0 saturated heterocycles. The van der Waals surface area contributed by atoms with Gasteiger partial charge in [-0.3, -0.25) is 9.48 Å². The van der Waals surface area contributed by atoms with Crippen molar-refractivity contribution in [3.8, 4) is 16.9 Å². The minimum atomic E-state index is 0.0215. The molecule has 1 aromatic heterocycles. The number of nitrogens with one attached hydrogen (secondary N) is 1. The molecule has 32 heavy (non-hydrogen) atoms. The van der Waals surface area contributed by atoms with Gasteiger partial charge in [-0.25, -0.2) is 0 Å². The lowest BCUT2D eigenvalue weighted by atomic mass is 9.98. The second-order valence-electron chi connectivity index (χ2n) is 8.05. The van der Waals surface area contributed by atoms with Crippen molar-refractivity contribution in [2.75, 3.05) is 6.61 Å². The van der Waals surface area contributed by atoms with Crippen molar-refractivity contribution in [2.45, 2.75) is 25.9 Å². The third-order valence-corrected chi connectivity index (χ3v) is 5.78. The van der Waals surface area contributed by atoms with Crippen LogP contribution in [0.25, 0.3) is 11.1 Å². The zero-order chi connectivity index (χ0) is 21.8. The number of amides is 1. The lowest BCUT2D eigenvalue weighted by molar-refractivity contribution is -0.120. The molecule has 160 valence electrons. The Morgan fingerprint density at radius 3 is 2.69 bits per heavy atom. The Labute approximate surface area is 187 Å². The van der Waals surface area contributed by atoms with Crippen molar-refractivity contribution in [3.63, 3.8) is 0 Å². The monoisotopic (exact) mass is 423 g/mol. The predicted octanol–water partition coefficient (Wildman–Crippen LogP) is 4.39. The van der Waals surface area contributed by atoms with E-state index in [1.807, 2.05) is 41.2 Å². The van der Waals surface area contributed by atoms with E-state index in [1.165, 1.54) is 11.1 Å². The lowest BCUT2D eigenvalue weighted by Gasteiger charge is -2.12. The molecule has 0 fully saturated rings. The number of carbonyl (C=O) groups excluding carboxylic acids is 1. The van der Waals surface area contributed by atoms with Crippen LogP contribution in [-0.4, -0.2) is 22.3 Å². The van der Waals surface area contributed by atoms with Gasteiger partial charge in [0, 0.05) is 25.4 Å². The molecule has 2 heterocycles. The number of nitrogens with zero attached hydrogens (tertiary/aromatic N) is 2. The van der Waals surface area contributed by atoms with Gasteiger partial charge in [0.15, 0.2) is 0 Å². The number of carbonyl (C=O) groups is 1. The van der Waals surface area contributed by atoms with E-state index in [0.29, 0.717) is 13.0 Å². The Morgan fingerprint density at radius 2 is 1.84 bits per heavy atom. The number of rotatable bonds is 7. The normalized spacial score (nSPS) is 12.2. The van der Waals surface area contributed by atoms with Crippen LogP contribution in [0.2, 0.25) is 0 Å². The van der Waals surface area contributed by atoms with Crippen molar-refractivity contribution in [1.82, 2.24) is 15.1 Å². The standard InChI is InChI=1S/C27H25N3O2/c31-27(17-21-8-11-26-23(16-21)12-15-32-26)28-18-24-4-1-2-5-25(24)22-9-6-20(7-10-22)19-30-14-3-13-29-30/h1-11,13-14,16H,12,15,17-19H2,(H,28,31). The van der Waals surface area contributed by atoms with Crippen molar-refractivity contribution in [2.24, 2.45) is 0 Å². The Morgan fingerprint density at radius 1 is 1.00 bits per heavy atom. The van der Waals surface area contributed by atoms with E-state index in [4.69, 9.17) is 4.74 Å². The highest BCUT2D eigenvalue weighted by Gasteiger charge is 2.13. The predicted molar refractivity (Wildman–Crippen MR) is 124 cm³/mol. The highest BCUT2D eigenvalue weighted by atomic mass is 16.5. The second kappa shape index (κ2) is 9.10. The van der Waals surface area contributed by atoms with E-state index in [2.05, 4.69) is 52.9 Å². The summed E-state index contributed by atoms with van der Waals surface area (Å²) < 4.78 is 7.46. The molecule has 0 radical (unpaired) electrons. The molecule has 5 rings (SSSR count). The zero-order valence-electron chi connectivity index (χ0n) is 17.8. The maximum Gasteiger partial charge on any atom is 0.224 e. The average molecular weight is 424 g/mol. The van der Waals surface area contributed by atoms with Crippen LogP contribution in [0.5, 0.6) is 5.75 Å². The summed E-state index contributed by atoms with van der Waals surface area (Å²) in [7, 11) is 0. The fraction of sp³-hybridized carbons (Fsp3) is 0.185. The molecule has 0 unspecified atom stereocenters. The molecule has 0 bridgehead atoms. The molecule has 1 aliphatic rings.